The van der Waals surface area contributed by atoms with E-state index in [2.05, 4.69) is 15.7 Å². The van der Waals surface area contributed by atoms with Gasteiger partial charge in [-0.25, -0.2) is 10.0 Å². The Balaban J connectivity index is 1.66. The Morgan fingerprint density at radius 2 is 2.30 bits per heavy atom. The van der Waals surface area contributed by atoms with Crippen LogP contribution in [0.15, 0.2) is 16.8 Å². The number of aliphatic imine (C=N–C) groups is 1. The molecule has 1 aromatic heterocycles. The fraction of sp³-hybridized carbons (Fsp3) is 0.400. The van der Waals surface area contributed by atoms with Crippen molar-refractivity contribution in [3.05, 3.63) is 27.8 Å². The van der Waals surface area contributed by atoms with Gasteiger partial charge < -0.3 is 10.4 Å². The van der Waals surface area contributed by atoms with Crippen LogP contribution in [0.2, 0.25) is 0 Å². The van der Waals surface area contributed by atoms with Crippen LogP contribution in [0.25, 0.3) is 0 Å². The predicted molar refractivity (Wildman–Crippen MR) is 85.3 cm³/mol. The molecular weight excluding hydrogens is 316 g/mol. The molecule has 7 nitrogen and oxygen atoms in total. The lowest BCUT2D eigenvalue weighted by molar-refractivity contribution is -0.136. The van der Waals surface area contributed by atoms with Crippen LogP contribution in [0.4, 0.5) is 5.00 Å². The van der Waals surface area contributed by atoms with Crippen LogP contribution in [0, 0.1) is 0 Å². The van der Waals surface area contributed by atoms with Gasteiger partial charge >= 0.3 is 5.97 Å². The van der Waals surface area contributed by atoms with Crippen molar-refractivity contribution in [1.82, 2.24) is 15.8 Å². The van der Waals surface area contributed by atoms with Crippen LogP contribution >= 0.6 is 11.3 Å². The van der Waals surface area contributed by atoms with Crippen molar-refractivity contribution in [3.8, 4) is 0 Å². The van der Waals surface area contributed by atoms with E-state index >= 15 is 0 Å². The van der Waals surface area contributed by atoms with Gasteiger partial charge in [0, 0.05) is 10.4 Å². The summed E-state index contributed by atoms with van der Waals surface area (Å²) in [6.07, 6.45) is 7.02. The summed E-state index contributed by atoms with van der Waals surface area (Å²) in [6.45, 7) is 0. The Hall–Kier alpha value is -2.35. The number of carbonyl (C=O) groups excluding carboxylic acids is 1. The summed E-state index contributed by atoms with van der Waals surface area (Å²) in [6, 6.07) is 0. The first-order valence-corrected chi connectivity index (χ1v) is 8.41. The maximum Gasteiger partial charge on any atom is 0.307 e. The van der Waals surface area contributed by atoms with E-state index in [1.165, 1.54) is 22.9 Å². The SMILES string of the molecule is O=C(O)CC=C1NN2C=Nc3sc4c(c3[C@H]2NC1=O)CCCC4. The van der Waals surface area contributed by atoms with Crippen molar-refractivity contribution in [2.24, 2.45) is 4.99 Å². The zero-order valence-electron chi connectivity index (χ0n) is 12.3. The number of hydrogen-bond donors (Lipinski definition) is 3. The number of nitrogens with zero attached hydrogens (tertiary/aromatic N) is 2. The van der Waals surface area contributed by atoms with E-state index < -0.39 is 5.97 Å². The number of amides is 1. The van der Waals surface area contributed by atoms with Gasteiger partial charge in [0.2, 0.25) is 0 Å². The number of hydrazine groups is 1. The maximum atomic E-state index is 12.3. The minimum absolute atomic E-state index is 0.204. The zero-order valence-corrected chi connectivity index (χ0v) is 13.2. The van der Waals surface area contributed by atoms with Crippen LogP contribution in [0.3, 0.4) is 0 Å². The molecule has 1 saturated heterocycles. The number of hydrogen-bond acceptors (Lipinski definition) is 6. The molecule has 0 radical (unpaired) electrons. The number of nitrogens with one attached hydrogen (secondary N) is 2. The Morgan fingerprint density at radius 1 is 1.48 bits per heavy atom. The van der Waals surface area contributed by atoms with E-state index in [-0.39, 0.29) is 24.2 Å². The van der Waals surface area contributed by atoms with Gasteiger partial charge in [-0.2, -0.15) is 0 Å². The maximum absolute atomic E-state index is 12.3. The molecule has 0 unspecified atom stereocenters. The molecule has 0 bridgehead atoms. The molecule has 1 aromatic rings. The van der Waals surface area contributed by atoms with Gasteiger partial charge in [0.05, 0.1) is 6.42 Å². The monoisotopic (exact) mass is 332 g/mol. The topological polar surface area (TPSA) is 94.0 Å². The molecule has 3 heterocycles. The number of rotatable bonds is 2. The minimum Gasteiger partial charge on any atom is -0.481 e. The Labute approximate surface area is 136 Å². The smallest absolute Gasteiger partial charge is 0.307 e. The summed E-state index contributed by atoms with van der Waals surface area (Å²) < 4.78 is 0. The average molecular weight is 332 g/mol. The fourth-order valence-electron chi connectivity index (χ4n) is 3.23. The van der Waals surface area contributed by atoms with Gasteiger partial charge in [-0.1, -0.05) is 0 Å². The summed E-state index contributed by atoms with van der Waals surface area (Å²) in [5.74, 6) is -1.26. The molecule has 2 aliphatic heterocycles. The highest BCUT2D eigenvalue weighted by molar-refractivity contribution is 7.16. The van der Waals surface area contributed by atoms with Crippen molar-refractivity contribution in [1.29, 1.82) is 0 Å². The Morgan fingerprint density at radius 3 is 3.13 bits per heavy atom. The Bertz CT molecular complexity index is 752. The number of carboxylic acids is 1. The van der Waals surface area contributed by atoms with E-state index in [0.717, 1.165) is 29.8 Å². The standard InChI is InChI=1S/C15H16N4O3S/c20-11(21)6-5-9-14(22)17-13-12-8-3-1-2-4-10(8)23-15(12)16-7-19(13)18-9/h5,7,13,18H,1-4,6H2,(H,17,22)(H,20,21)/t13-/m0/s1. The molecule has 4 rings (SSSR count). The van der Waals surface area contributed by atoms with Crippen LogP contribution in [0.1, 0.15) is 41.4 Å². The van der Waals surface area contributed by atoms with Gasteiger partial charge in [-0.15, -0.1) is 11.3 Å². The normalized spacial score (nSPS) is 23.7. The first-order chi connectivity index (χ1) is 11.1. The van der Waals surface area contributed by atoms with Crippen molar-refractivity contribution in [2.45, 2.75) is 38.3 Å². The molecule has 23 heavy (non-hydrogen) atoms. The average Bonchev–Trinajstić information content (AvgIpc) is 2.91. The van der Waals surface area contributed by atoms with E-state index in [1.54, 1.807) is 22.7 Å². The van der Waals surface area contributed by atoms with Crippen LogP contribution in [-0.2, 0) is 22.4 Å². The summed E-state index contributed by atoms with van der Waals surface area (Å²) in [5, 5.41) is 14.4. The molecule has 1 amide bonds. The molecule has 120 valence electrons. The number of fused-ring (bicyclic) bond motifs is 5. The lowest BCUT2D eigenvalue weighted by atomic mass is 9.93. The molecule has 1 aliphatic carbocycles. The molecule has 0 aromatic carbocycles. The van der Waals surface area contributed by atoms with Crippen LogP contribution < -0.4 is 10.7 Å². The molecule has 1 atom stereocenters. The third-order valence-corrected chi connectivity index (χ3v) is 5.50. The van der Waals surface area contributed by atoms with Gasteiger partial charge in [0.25, 0.3) is 5.91 Å². The molecule has 0 saturated carbocycles. The van der Waals surface area contributed by atoms with Crippen LogP contribution in [0.5, 0.6) is 0 Å². The molecule has 3 N–H and O–H groups in total. The minimum atomic E-state index is -0.976. The second-order valence-electron chi connectivity index (χ2n) is 5.79. The third-order valence-electron chi connectivity index (χ3n) is 4.29. The lowest BCUT2D eigenvalue weighted by Crippen LogP contribution is -2.56. The number of thiophene rings is 1. The first-order valence-electron chi connectivity index (χ1n) is 7.60. The summed E-state index contributed by atoms with van der Waals surface area (Å²) >= 11 is 1.71. The number of aliphatic carboxylic acids is 1. The van der Waals surface area contributed by atoms with Gasteiger partial charge in [-0.05, 0) is 37.3 Å². The number of carboxylic acid groups (broad SMARTS) is 1. The van der Waals surface area contributed by atoms with E-state index in [9.17, 15) is 9.59 Å². The highest BCUT2D eigenvalue weighted by atomic mass is 32.1. The number of aryl methyl sites for hydroxylation is 1. The second kappa shape index (κ2) is 5.38. The quantitative estimate of drug-likeness (QED) is 0.715. The van der Waals surface area contributed by atoms with Gasteiger partial charge in [-0.3, -0.25) is 15.0 Å². The molecule has 3 aliphatic rings. The third kappa shape index (κ3) is 2.39. The lowest BCUT2D eigenvalue weighted by Gasteiger charge is -2.39. The van der Waals surface area contributed by atoms with E-state index in [4.69, 9.17) is 5.11 Å². The van der Waals surface area contributed by atoms with Gasteiger partial charge in [0.15, 0.2) is 6.17 Å². The molecule has 1 fully saturated rings. The second-order valence-corrected chi connectivity index (χ2v) is 6.87. The van der Waals surface area contributed by atoms with E-state index in [1.807, 2.05) is 0 Å². The molecule has 0 spiro atoms. The summed E-state index contributed by atoms with van der Waals surface area (Å²) in [7, 11) is 0. The zero-order chi connectivity index (χ0) is 16.0. The number of carbonyl (C=O) groups is 2. The predicted octanol–water partition coefficient (Wildman–Crippen LogP) is 1.59. The molecule has 8 heteroatoms. The van der Waals surface area contributed by atoms with Gasteiger partial charge in [0.1, 0.15) is 17.0 Å². The molecular formula is C15H16N4O3S. The van der Waals surface area contributed by atoms with Crippen molar-refractivity contribution >= 4 is 34.6 Å². The highest BCUT2D eigenvalue weighted by Crippen LogP contribution is 2.45. The fourth-order valence-corrected chi connectivity index (χ4v) is 4.49. The Kier molecular flexibility index (Phi) is 3.33. The highest BCUT2D eigenvalue weighted by Gasteiger charge is 2.37. The summed E-state index contributed by atoms with van der Waals surface area (Å²) in [5.41, 5.74) is 5.62. The van der Waals surface area contributed by atoms with Crippen molar-refractivity contribution in [3.63, 3.8) is 0 Å². The first kappa shape index (κ1) is 14.3. The van der Waals surface area contributed by atoms with Crippen molar-refractivity contribution < 1.29 is 14.7 Å². The van der Waals surface area contributed by atoms with Crippen molar-refractivity contribution in [2.75, 3.05) is 0 Å². The van der Waals surface area contributed by atoms with Crippen LogP contribution in [-0.4, -0.2) is 28.3 Å². The largest absolute Gasteiger partial charge is 0.481 e. The van der Waals surface area contributed by atoms with E-state index in [0.29, 0.717) is 0 Å². The summed E-state index contributed by atoms with van der Waals surface area (Å²) in [4.78, 5) is 28.8.